The van der Waals surface area contributed by atoms with Gasteiger partial charge in [0.25, 0.3) is 0 Å². The van der Waals surface area contributed by atoms with Crippen molar-refractivity contribution in [2.75, 3.05) is 26.8 Å². The van der Waals surface area contributed by atoms with Gasteiger partial charge in [0.1, 0.15) is 5.75 Å². The second-order valence-electron chi connectivity index (χ2n) is 6.24. The largest absolute Gasteiger partial charge is 0.497 e. The summed E-state index contributed by atoms with van der Waals surface area (Å²) in [5, 5.41) is 0. The number of morpholine rings is 1. The number of carbonyl (C=O) groups excluding carboxylic acids is 1. The maximum Gasteiger partial charge on any atom is 0.223 e. The van der Waals surface area contributed by atoms with Gasteiger partial charge in [0, 0.05) is 38.3 Å². The SMILES string of the molecule is COc1ccc(CC2CN(C(=O)CCc3ccncc3)CCO2)cc1. The lowest BCUT2D eigenvalue weighted by Crippen LogP contribution is -2.46. The van der Waals surface area contributed by atoms with Crippen LogP contribution in [0.5, 0.6) is 5.75 Å². The Labute approximate surface area is 148 Å². The molecule has 1 aromatic heterocycles. The third kappa shape index (κ3) is 5.03. The van der Waals surface area contributed by atoms with Crippen molar-refractivity contribution in [3.05, 3.63) is 59.9 Å². The summed E-state index contributed by atoms with van der Waals surface area (Å²) in [6.45, 7) is 1.93. The molecule has 0 saturated carbocycles. The van der Waals surface area contributed by atoms with Crippen LogP contribution in [0.4, 0.5) is 0 Å². The lowest BCUT2D eigenvalue weighted by Gasteiger charge is -2.33. The molecule has 1 fully saturated rings. The smallest absolute Gasteiger partial charge is 0.223 e. The number of methoxy groups -OCH3 is 1. The Morgan fingerprint density at radius 3 is 2.68 bits per heavy atom. The second-order valence-corrected chi connectivity index (χ2v) is 6.24. The highest BCUT2D eigenvalue weighted by Gasteiger charge is 2.24. The number of pyridine rings is 1. The molecule has 0 radical (unpaired) electrons. The van der Waals surface area contributed by atoms with Crippen molar-refractivity contribution in [1.29, 1.82) is 0 Å². The Kier molecular flexibility index (Phi) is 6.01. The maximum absolute atomic E-state index is 12.5. The molecule has 1 atom stereocenters. The molecule has 0 spiro atoms. The third-order valence-electron chi connectivity index (χ3n) is 4.49. The Morgan fingerprint density at radius 2 is 1.96 bits per heavy atom. The Bertz CT molecular complexity index is 673. The van der Waals surface area contributed by atoms with E-state index in [0.29, 0.717) is 26.1 Å². The summed E-state index contributed by atoms with van der Waals surface area (Å²) >= 11 is 0. The normalized spacial score (nSPS) is 17.3. The molecule has 1 aliphatic rings. The van der Waals surface area contributed by atoms with Crippen LogP contribution in [-0.2, 0) is 22.4 Å². The van der Waals surface area contributed by atoms with E-state index in [1.807, 2.05) is 41.3 Å². The van der Waals surface area contributed by atoms with Gasteiger partial charge in [-0.2, -0.15) is 0 Å². The molecule has 0 bridgehead atoms. The summed E-state index contributed by atoms with van der Waals surface area (Å²) in [4.78, 5) is 18.4. The summed E-state index contributed by atoms with van der Waals surface area (Å²) in [5.41, 5.74) is 2.34. The van der Waals surface area contributed by atoms with Crippen molar-refractivity contribution >= 4 is 5.91 Å². The van der Waals surface area contributed by atoms with Crippen LogP contribution in [0.3, 0.4) is 0 Å². The summed E-state index contributed by atoms with van der Waals surface area (Å²) in [7, 11) is 1.66. The van der Waals surface area contributed by atoms with E-state index < -0.39 is 0 Å². The van der Waals surface area contributed by atoms with E-state index >= 15 is 0 Å². The molecule has 2 heterocycles. The van der Waals surface area contributed by atoms with E-state index in [0.717, 1.165) is 24.2 Å². The Hall–Kier alpha value is -2.40. The first-order valence-corrected chi connectivity index (χ1v) is 8.66. The highest BCUT2D eigenvalue weighted by molar-refractivity contribution is 5.76. The van der Waals surface area contributed by atoms with Gasteiger partial charge in [0.2, 0.25) is 5.91 Å². The quantitative estimate of drug-likeness (QED) is 0.811. The van der Waals surface area contributed by atoms with Gasteiger partial charge in [-0.15, -0.1) is 0 Å². The van der Waals surface area contributed by atoms with Crippen LogP contribution in [0.25, 0.3) is 0 Å². The fourth-order valence-electron chi connectivity index (χ4n) is 3.05. The van der Waals surface area contributed by atoms with Crippen molar-refractivity contribution < 1.29 is 14.3 Å². The van der Waals surface area contributed by atoms with E-state index in [1.54, 1.807) is 19.5 Å². The van der Waals surface area contributed by atoms with Crippen LogP contribution >= 0.6 is 0 Å². The minimum atomic E-state index is 0.0482. The second kappa shape index (κ2) is 8.62. The zero-order valence-corrected chi connectivity index (χ0v) is 14.6. The molecule has 0 aliphatic carbocycles. The number of aromatic nitrogens is 1. The molecule has 1 saturated heterocycles. The van der Waals surface area contributed by atoms with Gasteiger partial charge in [-0.1, -0.05) is 12.1 Å². The Morgan fingerprint density at radius 1 is 1.20 bits per heavy atom. The Balaban J connectivity index is 1.50. The number of carbonyl (C=O) groups is 1. The number of hydrogen-bond acceptors (Lipinski definition) is 4. The minimum Gasteiger partial charge on any atom is -0.497 e. The van der Waals surface area contributed by atoms with Gasteiger partial charge < -0.3 is 14.4 Å². The zero-order valence-electron chi connectivity index (χ0n) is 14.6. The highest BCUT2D eigenvalue weighted by Crippen LogP contribution is 2.16. The van der Waals surface area contributed by atoms with Gasteiger partial charge in [0.05, 0.1) is 19.8 Å². The molecular formula is C20H24N2O3. The fraction of sp³-hybridized carbons (Fsp3) is 0.400. The molecule has 0 N–H and O–H groups in total. The fourth-order valence-corrected chi connectivity index (χ4v) is 3.05. The van der Waals surface area contributed by atoms with E-state index in [4.69, 9.17) is 9.47 Å². The monoisotopic (exact) mass is 340 g/mol. The number of amides is 1. The number of aryl methyl sites for hydroxylation is 1. The number of benzene rings is 1. The van der Waals surface area contributed by atoms with Crippen LogP contribution in [0, 0.1) is 0 Å². The van der Waals surface area contributed by atoms with Crippen molar-refractivity contribution in [1.82, 2.24) is 9.88 Å². The molecule has 3 rings (SSSR count). The first-order valence-electron chi connectivity index (χ1n) is 8.66. The standard InChI is InChI=1S/C20H24N2O3/c1-24-18-5-2-17(3-6-18)14-19-15-22(12-13-25-19)20(23)7-4-16-8-10-21-11-9-16/h2-3,5-6,8-11,19H,4,7,12-15H2,1H3. The van der Waals surface area contributed by atoms with Gasteiger partial charge in [-0.25, -0.2) is 0 Å². The minimum absolute atomic E-state index is 0.0482. The van der Waals surface area contributed by atoms with Gasteiger partial charge in [-0.3, -0.25) is 9.78 Å². The average molecular weight is 340 g/mol. The molecule has 1 amide bonds. The summed E-state index contributed by atoms with van der Waals surface area (Å²) < 4.78 is 11.0. The molecule has 1 aromatic carbocycles. The molecule has 1 aliphatic heterocycles. The predicted octanol–water partition coefficient (Wildman–Crippen LogP) is 2.49. The molecule has 25 heavy (non-hydrogen) atoms. The predicted molar refractivity (Wildman–Crippen MR) is 95.6 cm³/mol. The molecule has 5 nitrogen and oxygen atoms in total. The summed E-state index contributed by atoms with van der Waals surface area (Å²) in [6.07, 6.45) is 5.66. The topological polar surface area (TPSA) is 51.7 Å². The first kappa shape index (κ1) is 17.4. The lowest BCUT2D eigenvalue weighted by atomic mass is 10.1. The number of ether oxygens (including phenoxy) is 2. The average Bonchev–Trinajstić information content (AvgIpc) is 2.68. The van der Waals surface area contributed by atoms with Crippen molar-refractivity contribution in [3.8, 4) is 5.75 Å². The summed E-state index contributed by atoms with van der Waals surface area (Å²) in [6, 6.07) is 11.9. The zero-order chi connectivity index (χ0) is 17.5. The van der Waals surface area contributed by atoms with E-state index in [1.165, 1.54) is 5.56 Å². The number of rotatable bonds is 6. The first-order chi connectivity index (χ1) is 12.2. The van der Waals surface area contributed by atoms with Gasteiger partial charge in [0.15, 0.2) is 0 Å². The van der Waals surface area contributed by atoms with Gasteiger partial charge in [-0.05, 0) is 41.8 Å². The number of nitrogens with zero attached hydrogens (tertiary/aromatic N) is 2. The van der Waals surface area contributed by atoms with Crippen LogP contribution in [0.15, 0.2) is 48.8 Å². The van der Waals surface area contributed by atoms with E-state index in [9.17, 15) is 4.79 Å². The maximum atomic E-state index is 12.5. The van der Waals surface area contributed by atoms with E-state index in [-0.39, 0.29) is 12.0 Å². The molecule has 5 heteroatoms. The van der Waals surface area contributed by atoms with Crippen LogP contribution in [0.2, 0.25) is 0 Å². The third-order valence-corrected chi connectivity index (χ3v) is 4.49. The van der Waals surface area contributed by atoms with Crippen molar-refractivity contribution in [3.63, 3.8) is 0 Å². The molecular weight excluding hydrogens is 316 g/mol. The van der Waals surface area contributed by atoms with Crippen LogP contribution in [-0.4, -0.2) is 48.7 Å². The summed E-state index contributed by atoms with van der Waals surface area (Å²) in [5.74, 6) is 1.04. The molecule has 132 valence electrons. The van der Waals surface area contributed by atoms with Crippen LogP contribution < -0.4 is 4.74 Å². The highest BCUT2D eigenvalue weighted by atomic mass is 16.5. The lowest BCUT2D eigenvalue weighted by molar-refractivity contribution is -0.138. The van der Waals surface area contributed by atoms with Crippen molar-refractivity contribution in [2.45, 2.75) is 25.4 Å². The van der Waals surface area contributed by atoms with Gasteiger partial charge >= 0.3 is 0 Å². The van der Waals surface area contributed by atoms with E-state index in [2.05, 4.69) is 4.98 Å². The molecule has 1 unspecified atom stereocenters. The van der Waals surface area contributed by atoms with Crippen LogP contribution in [0.1, 0.15) is 17.5 Å². The number of hydrogen-bond donors (Lipinski definition) is 0. The molecule has 2 aromatic rings. The van der Waals surface area contributed by atoms with Crippen molar-refractivity contribution in [2.24, 2.45) is 0 Å².